The Morgan fingerprint density at radius 1 is 1.30 bits per heavy atom. The van der Waals surface area contributed by atoms with Gasteiger partial charge in [0.05, 0.1) is 4.90 Å². The highest BCUT2D eigenvalue weighted by Gasteiger charge is 2.09. The molecule has 0 aliphatic rings. The zero-order valence-electron chi connectivity index (χ0n) is 10.9. The molecular formula is C12H15N3O4S. The lowest BCUT2D eigenvalue weighted by Crippen LogP contribution is -2.11. The fraction of sp³-hybridized carbons (Fsp3) is 0.333. The van der Waals surface area contributed by atoms with Gasteiger partial charge in [0.2, 0.25) is 10.0 Å². The lowest BCUT2D eigenvalue weighted by Gasteiger charge is -2.03. The maximum atomic E-state index is 11.1. The molecule has 2 N–H and O–H groups in total. The molecular weight excluding hydrogens is 282 g/mol. The van der Waals surface area contributed by atoms with Crippen LogP contribution in [0.1, 0.15) is 25.1 Å². The van der Waals surface area contributed by atoms with Crippen LogP contribution in [0.2, 0.25) is 0 Å². The molecule has 108 valence electrons. The van der Waals surface area contributed by atoms with E-state index in [-0.39, 0.29) is 11.5 Å². The Kier molecular flexibility index (Phi) is 4.35. The van der Waals surface area contributed by atoms with E-state index in [0.29, 0.717) is 17.5 Å². The van der Waals surface area contributed by atoms with Gasteiger partial charge in [-0.25, -0.2) is 13.6 Å². The molecule has 0 atom stereocenters. The average Bonchev–Trinajstić information content (AvgIpc) is 2.84. The van der Waals surface area contributed by atoms with Gasteiger partial charge >= 0.3 is 0 Å². The smallest absolute Gasteiger partial charge is 0.264 e. The van der Waals surface area contributed by atoms with Gasteiger partial charge in [-0.2, -0.15) is 4.98 Å². The number of aromatic nitrogens is 2. The maximum Gasteiger partial charge on any atom is 0.264 e. The van der Waals surface area contributed by atoms with E-state index in [1.54, 1.807) is 0 Å². The van der Waals surface area contributed by atoms with Crippen LogP contribution in [0.3, 0.4) is 0 Å². The largest absolute Gasteiger partial charge is 0.484 e. The van der Waals surface area contributed by atoms with Crippen molar-refractivity contribution in [3.8, 4) is 5.75 Å². The topological polar surface area (TPSA) is 108 Å². The minimum Gasteiger partial charge on any atom is -0.484 e. The average molecular weight is 297 g/mol. The first-order valence-electron chi connectivity index (χ1n) is 6.06. The van der Waals surface area contributed by atoms with Crippen LogP contribution in [0, 0.1) is 0 Å². The molecule has 0 unspecified atom stereocenters. The first kappa shape index (κ1) is 14.5. The van der Waals surface area contributed by atoms with E-state index in [2.05, 4.69) is 10.1 Å². The lowest BCUT2D eigenvalue weighted by atomic mass is 10.3. The molecule has 0 radical (unpaired) electrons. The van der Waals surface area contributed by atoms with Crippen molar-refractivity contribution in [2.75, 3.05) is 0 Å². The van der Waals surface area contributed by atoms with E-state index in [9.17, 15) is 8.42 Å². The monoisotopic (exact) mass is 297 g/mol. The predicted octanol–water partition coefficient (Wildman–Crippen LogP) is 1.25. The van der Waals surface area contributed by atoms with Crippen LogP contribution in [0.5, 0.6) is 5.75 Å². The molecule has 1 aromatic carbocycles. The van der Waals surface area contributed by atoms with Gasteiger partial charge in [0.25, 0.3) is 5.89 Å². The number of nitrogens with two attached hydrogens (primary N) is 1. The number of aryl methyl sites for hydroxylation is 1. The van der Waals surface area contributed by atoms with Crippen molar-refractivity contribution in [1.29, 1.82) is 0 Å². The lowest BCUT2D eigenvalue weighted by molar-refractivity contribution is 0.242. The highest BCUT2D eigenvalue weighted by molar-refractivity contribution is 7.89. The normalized spacial score (nSPS) is 11.5. The summed E-state index contributed by atoms with van der Waals surface area (Å²) >= 11 is 0. The number of hydrogen-bond donors (Lipinski definition) is 1. The van der Waals surface area contributed by atoms with Gasteiger partial charge in [-0.3, -0.25) is 0 Å². The Morgan fingerprint density at radius 3 is 2.60 bits per heavy atom. The van der Waals surface area contributed by atoms with Gasteiger partial charge in [0.15, 0.2) is 12.4 Å². The Balaban J connectivity index is 1.96. The number of ether oxygens (including phenoxy) is 1. The summed E-state index contributed by atoms with van der Waals surface area (Å²) in [6.45, 7) is 2.16. The van der Waals surface area contributed by atoms with Crippen LogP contribution in [-0.2, 0) is 23.1 Å². The summed E-state index contributed by atoms with van der Waals surface area (Å²) in [6, 6.07) is 5.79. The Bertz CT molecular complexity index is 664. The fourth-order valence-electron chi connectivity index (χ4n) is 1.54. The molecule has 20 heavy (non-hydrogen) atoms. The van der Waals surface area contributed by atoms with Gasteiger partial charge in [-0.1, -0.05) is 12.1 Å². The minimum absolute atomic E-state index is 0.0351. The van der Waals surface area contributed by atoms with Crippen molar-refractivity contribution in [1.82, 2.24) is 10.1 Å². The molecule has 0 saturated carbocycles. The molecule has 2 aromatic rings. The summed E-state index contributed by atoms with van der Waals surface area (Å²) in [6.07, 6.45) is 1.70. The predicted molar refractivity (Wildman–Crippen MR) is 70.4 cm³/mol. The van der Waals surface area contributed by atoms with Gasteiger partial charge < -0.3 is 9.26 Å². The number of hydrogen-bond acceptors (Lipinski definition) is 6. The number of nitrogens with zero attached hydrogens (tertiary/aromatic N) is 2. The number of sulfonamides is 1. The first-order valence-corrected chi connectivity index (χ1v) is 7.61. The Morgan fingerprint density at radius 2 is 2.00 bits per heavy atom. The molecule has 0 bridgehead atoms. The Hall–Kier alpha value is -1.93. The van der Waals surface area contributed by atoms with E-state index in [1.165, 1.54) is 24.3 Å². The zero-order chi connectivity index (χ0) is 14.6. The summed E-state index contributed by atoms with van der Waals surface area (Å²) < 4.78 is 32.6. The number of rotatable bonds is 6. The second kappa shape index (κ2) is 6.02. The third kappa shape index (κ3) is 3.78. The molecule has 2 rings (SSSR count). The molecule has 0 fully saturated rings. The SMILES string of the molecule is CCCc1noc(COc2ccc(S(N)(=O)=O)cc2)n1. The molecule has 1 heterocycles. The van der Waals surface area contributed by atoms with Crippen LogP contribution in [0.25, 0.3) is 0 Å². The summed E-state index contributed by atoms with van der Waals surface area (Å²) in [5.41, 5.74) is 0. The third-order valence-corrected chi connectivity index (χ3v) is 3.43. The van der Waals surface area contributed by atoms with Crippen LogP contribution in [0.4, 0.5) is 0 Å². The molecule has 0 aliphatic heterocycles. The maximum absolute atomic E-state index is 11.1. The molecule has 7 nitrogen and oxygen atoms in total. The van der Waals surface area contributed by atoms with E-state index in [4.69, 9.17) is 14.4 Å². The summed E-state index contributed by atoms with van der Waals surface area (Å²) in [4.78, 5) is 4.19. The summed E-state index contributed by atoms with van der Waals surface area (Å²) in [5, 5.41) is 8.80. The van der Waals surface area contributed by atoms with Crippen molar-refractivity contribution in [2.24, 2.45) is 5.14 Å². The Labute approximate surface area is 116 Å². The summed E-state index contributed by atoms with van der Waals surface area (Å²) in [7, 11) is -3.69. The van der Waals surface area contributed by atoms with Crippen LogP contribution in [0.15, 0.2) is 33.7 Å². The van der Waals surface area contributed by atoms with E-state index in [0.717, 1.165) is 12.8 Å². The standard InChI is InChI=1S/C12H15N3O4S/c1-2-3-11-14-12(19-15-11)8-18-9-4-6-10(7-5-9)20(13,16)17/h4-7H,2-3,8H2,1H3,(H2,13,16,17). The zero-order valence-corrected chi connectivity index (χ0v) is 11.8. The fourth-order valence-corrected chi connectivity index (χ4v) is 2.06. The van der Waals surface area contributed by atoms with E-state index in [1.807, 2.05) is 6.92 Å². The van der Waals surface area contributed by atoms with Gasteiger partial charge in [0, 0.05) is 6.42 Å². The van der Waals surface area contributed by atoms with Gasteiger partial charge in [0.1, 0.15) is 5.75 Å². The first-order chi connectivity index (χ1) is 9.49. The molecule has 0 saturated heterocycles. The van der Waals surface area contributed by atoms with E-state index >= 15 is 0 Å². The van der Waals surface area contributed by atoms with Crippen molar-refractivity contribution in [3.05, 3.63) is 36.0 Å². The van der Waals surface area contributed by atoms with Crippen LogP contribution >= 0.6 is 0 Å². The highest BCUT2D eigenvalue weighted by Crippen LogP contribution is 2.16. The highest BCUT2D eigenvalue weighted by atomic mass is 32.2. The van der Waals surface area contributed by atoms with Crippen molar-refractivity contribution < 1.29 is 17.7 Å². The van der Waals surface area contributed by atoms with Crippen molar-refractivity contribution in [3.63, 3.8) is 0 Å². The summed E-state index contributed by atoms with van der Waals surface area (Å²) in [5.74, 6) is 1.52. The minimum atomic E-state index is -3.69. The number of benzene rings is 1. The molecule has 0 amide bonds. The molecule has 1 aromatic heterocycles. The molecule has 0 spiro atoms. The second-order valence-electron chi connectivity index (χ2n) is 4.16. The van der Waals surface area contributed by atoms with Crippen LogP contribution in [-0.4, -0.2) is 18.6 Å². The van der Waals surface area contributed by atoms with E-state index < -0.39 is 10.0 Å². The second-order valence-corrected chi connectivity index (χ2v) is 5.72. The van der Waals surface area contributed by atoms with Crippen molar-refractivity contribution in [2.45, 2.75) is 31.3 Å². The molecule has 8 heteroatoms. The van der Waals surface area contributed by atoms with Gasteiger partial charge in [-0.15, -0.1) is 0 Å². The quantitative estimate of drug-likeness (QED) is 0.859. The van der Waals surface area contributed by atoms with Gasteiger partial charge in [-0.05, 0) is 30.7 Å². The third-order valence-electron chi connectivity index (χ3n) is 2.50. The molecule has 0 aliphatic carbocycles. The van der Waals surface area contributed by atoms with Crippen LogP contribution < -0.4 is 9.88 Å². The number of primary sulfonamides is 1. The van der Waals surface area contributed by atoms with Crippen molar-refractivity contribution >= 4 is 10.0 Å².